The van der Waals surface area contributed by atoms with Crippen LogP contribution in [0, 0.1) is 0 Å². The molecule has 0 aromatic rings. The fourth-order valence-corrected chi connectivity index (χ4v) is 0.500. The van der Waals surface area contributed by atoms with Crippen LogP contribution in [0.4, 0.5) is 0 Å². The summed E-state index contributed by atoms with van der Waals surface area (Å²) < 4.78 is 18.4. The van der Waals surface area contributed by atoms with Crippen LogP contribution in [-0.2, 0) is 10.2 Å². The summed E-state index contributed by atoms with van der Waals surface area (Å²) in [4.78, 5) is 0. The molecule has 0 fully saturated rings. The van der Waals surface area contributed by atoms with Crippen molar-refractivity contribution in [3.8, 4) is 0 Å². The molecule has 0 saturated heterocycles. The lowest BCUT2D eigenvalue weighted by molar-refractivity contribution is 0.599. The first-order valence-electron chi connectivity index (χ1n) is 3.72. The molecule has 4 nitrogen and oxygen atoms in total. The highest BCUT2D eigenvalue weighted by Crippen LogP contribution is 1.95. The van der Waals surface area contributed by atoms with Crippen LogP contribution in [-0.4, -0.2) is 8.42 Å². The van der Waals surface area contributed by atoms with E-state index in [4.69, 9.17) is 0 Å². The second-order valence-corrected chi connectivity index (χ2v) is 3.47. The van der Waals surface area contributed by atoms with Gasteiger partial charge < -0.3 is 0 Å². The molecule has 0 aliphatic heterocycles. The van der Waals surface area contributed by atoms with Gasteiger partial charge in [-0.05, 0) is 0 Å². The molecule has 0 amide bonds. The topological polar surface area (TPSA) is 86.2 Å². The molecule has 0 aromatic carbocycles. The van der Waals surface area contributed by atoms with Gasteiger partial charge in [0.25, 0.3) is 10.2 Å². The predicted octanol–water partition coefficient (Wildman–Crippen LogP) is 0.735. The minimum absolute atomic E-state index is 1.36. The summed E-state index contributed by atoms with van der Waals surface area (Å²) in [6.07, 6.45) is 5.54. The molecule has 11 heavy (non-hydrogen) atoms. The summed E-state index contributed by atoms with van der Waals surface area (Å²) in [6.45, 7) is 4.46. The maximum absolute atomic E-state index is 9.19. The number of nitrogens with two attached hydrogens (primary N) is 2. The quantitative estimate of drug-likeness (QED) is 0.630. The van der Waals surface area contributed by atoms with Crippen LogP contribution in [0.15, 0.2) is 0 Å². The van der Waals surface area contributed by atoms with Crippen LogP contribution in [0.25, 0.3) is 0 Å². The van der Waals surface area contributed by atoms with Gasteiger partial charge in [0.2, 0.25) is 0 Å². The number of unbranched alkanes of at least 4 members (excludes halogenated alkanes) is 3. The second-order valence-electron chi connectivity index (χ2n) is 2.30. The summed E-state index contributed by atoms with van der Waals surface area (Å²) >= 11 is 0. The van der Waals surface area contributed by atoms with E-state index in [2.05, 4.69) is 24.1 Å². The Balaban J connectivity index is 0. The molecule has 0 aliphatic rings. The maximum atomic E-state index is 9.19. The van der Waals surface area contributed by atoms with Gasteiger partial charge in [-0.15, -0.1) is 0 Å². The average Bonchev–Trinajstić information content (AvgIpc) is 1.79. The first-order chi connectivity index (χ1) is 4.91. The fraction of sp³-hybridized carbons (Fsp3) is 1.00. The summed E-state index contributed by atoms with van der Waals surface area (Å²) in [5.74, 6) is 0. The van der Waals surface area contributed by atoms with Crippen LogP contribution in [0.3, 0.4) is 0 Å². The van der Waals surface area contributed by atoms with Crippen molar-refractivity contribution < 1.29 is 8.42 Å². The third-order valence-electron chi connectivity index (χ3n) is 0.957. The van der Waals surface area contributed by atoms with E-state index in [-0.39, 0.29) is 0 Å². The minimum Gasteiger partial charge on any atom is -0.216 e. The van der Waals surface area contributed by atoms with Crippen molar-refractivity contribution in [1.29, 1.82) is 0 Å². The smallest absolute Gasteiger partial charge is 0.216 e. The lowest BCUT2D eigenvalue weighted by Gasteiger charge is -1.86. The Bertz CT molecular complexity index is 142. The zero-order valence-corrected chi connectivity index (χ0v) is 8.02. The molecule has 0 saturated carbocycles. The largest absolute Gasteiger partial charge is 0.271 e. The molecular formula is C6H18N2O2S. The summed E-state index contributed by atoms with van der Waals surface area (Å²) in [7, 11) is -3.67. The second kappa shape index (κ2) is 7.97. The van der Waals surface area contributed by atoms with E-state index in [0.717, 1.165) is 0 Å². The van der Waals surface area contributed by atoms with Gasteiger partial charge in [0.1, 0.15) is 0 Å². The van der Waals surface area contributed by atoms with E-state index in [1.807, 2.05) is 0 Å². The van der Waals surface area contributed by atoms with Crippen molar-refractivity contribution in [3.63, 3.8) is 0 Å². The Morgan fingerprint density at radius 3 is 1.27 bits per heavy atom. The Hall–Kier alpha value is -0.130. The highest BCUT2D eigenvalue weighted by Gasteiger charge is 1.78. The van der Waals surface area contributed by atoms with Gasteiger partial charge in [-0.2, -0.15) is 8.42 Å². The van der Waals surface area contributed by atoms with E-state index < -0.39 is 10.2 Å². The maximum Gasteiger partial charge on any atom is 0.271 e. The Morgan fingerprint density at radius 1 is 1.00 bits per heavy atom. The standard InChI is InChI=1S/C6H14.H4N2O2S/c1-3-5-6-4-2;1-5(2,3)4/h3-6H2,1-2H3;(H4,1,2,3,4). The number of hydrogen-bond acceptors (Lipinski definition) is 2. The Kier molecular flexibility index (Phi) is 9.75. The summed E-state index contributed by atoms with van der Waals surface area (Å²) in [6, 6.07) is 0. The van der Waals surface area contributed by atoms with E-state index in [1.165, 1.54) is 25.7 Å². The van der Waals surface area contributed by atoms with Gasteiger partial charge in [0.15, 0.2) is 0 Å². The van der Waals surface area contributed by atoms with Gasteiger partial charge in [-0.1, -0.05) is 39.5 Å². The third kappa shape index (κ3) is 74.2. The molecule has 0 unspecified atom stereocenters. The third-order valence-corrected chi connectivity index (χ3v) is 0.957. The SMILES string of the molecule is CCCCCC.NS(N)(=O)=O. The number of hydrogen-bond donors (Lipinski definition) is 2. The molecule has 0 aromatic heterocycles. The molecule has 70 valence electrons. The van der Waals surface area contributed by atoms with Crippen molar-refractivity contribution in [3.05, 3.63) is 0 Å². The van der Waals surface area contributed by atoms with Gasteiger partial charge in [-0.25, -0.2) is 10.3 Å². The van der Waals surface area contributed by atoms with Crippen LogP contribution in [0.2, 0.25) is 0 Å². The molecule has 0 radical (unpaired) electrons. The molecule has 4 N–H and O–H groups in total. The predicted molar refractivity (Wildman–Crippen MR) is 47.1 cm³/mol. The summed E-state index contributed by atoms with van der Waals surface area (Å²) in [5.41, 5.74) is 0. The van der Waals surface area contributed by atoms with Crippen molar-refractivity contribution in [2.24, 2.45) is 10.3 Å². The van der Waals surface area contributed by atoms with Crippen LogP contribution in [0.1, 0.15) is 39.5 Å². The molecule has 0 heterocycles. The molecule has 0 rings (SSSR count). The number of rotatable bonds is 3. The molecule has 0 bridgehead atoms. The molecule has 5 heteroatoms. The van der Waals surface area contributed by atoms with Crippen molar-refractivity contribution in [2.75, 3.05) is 0 Å². The molecule has 0 atom stereocenters. The molecular weight excluding hydrogens is 164 g/mol. The van der Waals surface area contributed by atoms with E-state index in [1.54, 1.807) is 0 Å². The van der Waals surface area contributed by atoms with Crippen molar-refractivity contribution in [1.82, 2.24) is 0 Å². The van der Waals surface area contributed by atoms with Gasteiger partial charge in [0, 0.05) is 0 Å². The highest BCUT2D eigenvalue weighted by atomic mass is 32.2. The average molecular weight is 182 g/mol. The molecule has 0 spiro atoms. The lowest BCUT2D eigenvalue weighted by atomic mass is 10.2. The van der Waals surface area contributed by atoms with Crippen LogP contribution >= 0.6 is 0 Å². The zero-order chi connectivity index (χ0) is 9.33. The fourth-order valence-electron chi connectivity index (χ4n) is 0.500. The van der Waals surface area contributed by atoms with Gasteiger partial charge >= 0.3 is 0 Å². The first-order valence-corrected chi connectivity index (χ1v) is 5.33. The first kappa shape index (κ1) is 13.5. The van der Waals surface area contributed by atoms with E-state index >= 15 is 0 Å². The van der Waals surface area contributed by atoms with Crippen molar-refractivity contribution in [2.45, 2.75) is 39.5 Å². The van der Waals surface area contributed by atoms with Crippen LogP contribution < -0.4 is 10.3 Å². The monoisotopic (exact) mass is 182 g/mol. The Morgan fingerprint density at radius 2 is 1.18 bits per heavy atom. The minimum atomic E-state index is -3.67. The normalized spacial score (nSPS) is 10.2. The van der Waals surface area contributed by atoms with Gasteiger partial charge in [0.05, 0.1) is 0 Å². The van der Waals surface area contributed by atoms with Crippen molar-refractivity contribution >= 4 is 10.2 Å². The zero-order valence-electron chi connectivity index (χ0n) is 7.21. The highest BCUT2D eigenvalue weighted by molar-refractivity contribution is 7.86. The molecule has 0 aliphatic carbocycles. The van der Waals surface area contributed by atoms with Crippen LogP contribution in [0.5, 0.6) is 0 Å². The lowest BCUT2D eigenvalue weighted by Crippen LogP contribution is -2.21. The Labute approximate surface area is 69.1 Å². The van der Waals surface area contributed by atoms with E-state index in [9.17, 15) is 8.42 Å². The van der Waals surface area contributed by atoms with Gasteiger partial charge in [-0.3, -0.25) is 0 Å². The summed E-state index contributed by atoms with van der Waals surface area (Å²) in [5, 5.41) is 8.21. The van der Waals surface area contributed by atoms with E-state index in [0.29, 0.717) is 0 Å².